The highest BCUT2D eigenvalue weighted by Gasteiger charge is 2.47. The van der Waals surface area contributed by atoms with E-state index in [4.69, 9.17) is 8.85 Å². The van der Waals surface area contributed by atoms with Crippen LogP contribution in [0.1, 0.15) is 21.5 Å². The number of anilines is 1. The third-order valence-electron chi connectivity index (χ3n) is 5.94. The molecule has 0 spiro atoms. The fourth-order valence-corrected chi connectivity index (χ4v) is 4.03. The van der Waals surface area contributed by atoms with Crippen LogP contribution in [0.3, 0.4) is 0 Å². The van der Waals surface area contributed by atoms with Crippen LogP contribution < -0.4 is 10.6 Å². The molecule has 4 N–H and O–H groups in total. The van der Waals surface area contributed by atoms with Crippen LogP contribution >= 0.6 is 0 Å². The second-order valence-electron chi connectivity index (χ2n) is 8.44. The van der Waals surface area contributed by atoms with E-state index in [9.17, 15) is 28.2 Å². The molecule has 0 saturated carbocycles. The third kappa shape index (κ3) is 4.76. The Labute approximate surface area is 217 Å². The van der Waals surface area contributed by atoms with Crippen LogP contribution in [0.2, 0.25) is 0 Å². The molecule has 5 rings (SSSR count). The van der Waals surface area contributed by atoms with E-state index < -0.39 is 49.2 Å². The molecule has 1 saturated heterocycles. The average Bonchev–Trinajstić information content (AvgIpc) is 3.47. The predicted molar refractivity (Wildman–Crippen MR) is 127 cm³/mol. The molecule has 4 aromatic rings. The molecule has 1 aliphatic heterocycles. The van der Waals surface area contributed by atoms with Crippen molar-refractivity contribution in [3.8, 4) is 11.4 Å². The summed E-state index contributed by atoms with van der Waals surface area (Å²) in [5.74, 6) is -1.22. The maximum absolute atomic E-state index is 13.4. The van der Waals surface area contributed by atoms with E-state index in [1.807, 2.05) is 30.3 Å². The smallest absolute Gasteiger partial charge is 0.387 e. The first kappa shape index (κ1) is 21.9. The Morgan fingerprint density at radius 2 is 1.97 bits per heavy atom. The van der Waals surface area contributed by atoms with E-state index in [2.05, 4.69) is 25.3 Å². The summed E-state index contributed by atoms with van der Waals surface area (Å²) in [7, 11) is 0. The Balaban J connectivity index is 1.57. The number of aromatic nitrogens is 5. The number of benzene rings is 1. The first-order valence-corrected chi connectivity index (χ1v) is 11.2. The maximum atomic E-state index is 13.4. The molecular weight excluding hydrogens is 507 g/mol. The zero-order chi connectivity index (χ0) is 29.5. The second-order valence-corrected chi connectivity index (χ2v) is 8.44. The Hall–Kier alpha value is -4.14. The molecule has 0 unspecified atom stereocenters. The van der Waals surface area contributed by atoms with E-state index >= 15 is 0 Å². The topological polar surface area (TPSA) is 147 Å². The highest BCUT2D eigenvalue weighted by atomic mass is 19.4. The lowest BCUT2D eigenvalue weighted by Crippen LogP contribution is -2.41. The summed E-state index contributed by atoms with van der Waals surface area (Å²) in [5, 5.41) is 26.0. The van der Waals surface area contributed by atoms with Crippen LogP contribution in [0.25, 0.3) is 22.6 Å². The van der Waals surface area contributed by atoms with E-state index in [-0.39, 0.29) is 34.9 Å². The molecule has 4 heterocycles. The number of halogens is 3. The van der Waals surface area contributed by atoms with Gasteiger partial charge in [0.05, 0.1) is 11.9 Å². The minimum Gasteiger partial charge on any atom is -0.387 e. The summed E-state index contributed by atoms with van der Waals surface area (Å²) in [5.41, 5.74) is -0.102. The molecule has 38 heavy (non-hydrogen) atoms. The minimum absolute atomic E-state index is 0.0175. The van der Waals surface area contributed by atoms with Gasteiger partial charge in [0.15, 0.2) is 35.1 Å². The van der Waals surface area contributed by atoms with Gasteiger partial charge in [0, 0.05) is 35.6 Å². The first-order chi connectivity index (χ1) is 19.3. The molecule has 11 nitrogen and oxygen atoms in total. The standard InChI is InChI=1S/C24H22F3N7O4/c1-28-22(37)18-16(35)17(36)23(38-18)34-11-31-15-20(30-8-12-5-3-2-4-6-12)32-19(33-21(15)34)13-7-14(10-29-9-13)24(25,26)27/h2-7,9-11,16-18,23,35-36H,8H2,1H3,(H,28,37)(H,30,32,33)/t16-,17+,18-,23+/m0/s1/i1D3. The molecule has 198 valence electrons. The number of fused-ring (bicyclic) bond motifs is 1. The normalized spacial score (nSPS) is 23.0. The first-order valence-electron chi connectivity index (χ1n) is 12.7. The number of pyridine rings is 1. The molecule has 14 heteroatoms. The fraction of sp³-hybridized carbons (Fsp3) is 0.292. The number of nitrogens with zero attached hydrogens (tertiary/aromatic N) is 5. The van der Waals surface area contributed by atoms with Crippen molar-refractivity contribution >= 4 is 22.9 Å². The highest BCUT2D eigenvalue weighted by Crippen LogP contribution is 2.35. The number of nitrogens with one attached hydrogen (secondary N) is 2. The van der Waals surface area contributed by atoms with E-state index in [1.54, 1.807) is 5.32 Å². The zero-order valence-electron chi connectivity index (χ0n) is 22.3. The minimum atomic E-state index is -4.68. The third-order valence-corrected chi connectivity index (χ3v) is 5.94. The quantitative estimate of drug-likeness (QED) is 0.292. The number of carbonyl (C=O) groups excluding carboxylic acids is 1. The summed E-state index contributed by atoms with van der Waals surface area (Å²) in [6.07, 6.45) is -8.44. The van der Waals surface area contributed by atoms with Gasteiger partial charge in [-0.25, -0.2) is 15.0 Å². The number of aliphatic hydroxyl groups excluding tert-OH is 2. The number of aliphatic hydroxyl groups is 2. The predicted octanol–water partition coefficient (Wildman–Crippen LogP) is 1.88. The number of alkyl halides is 3. The summed E-state index contributed by atoms with van der Waals surface area (Å²) < 4.78 is 68.5. The molecule has 1 amide bonds. The van der Waals surface area contributed by atoms with Crippen molar-refractivity contribution in [1.82, 2.24) is 29.8 Å². The van der Waals surface area contributed by atoms with Crippen LogP contribution in [0.5, 0.6) is 0 Å². The molecule has 1 aromatic carbocycles. The van der Waals surface area contributed by atoms with Crippen molar-refractivity contribution in [3.63, 3.8) is 0 Å². The van der Waals surface area contributed by atoms with Crippen molar-refractivity contribution in [1.29, 1.82) is 0 Å². The van der Waals surface area contributed by atoms with Crippen molar-refractivity contribution in [3.05, 3.63) is 66.2 Å². The fourth-order valence-electron chi connectivity index (χ4n) is 4.03. The van der Waals surface area contributed by atoms with Gasteiger partial charge in [-0.2, -0.15) is 13.2 Å². The monoisotopic (exact) mass is 532 g/mol. The highest BCUT2D eigenvalue weighted by molar-refractivity contribution is 5.85. The Bertz CT molecular complexity index is 1570. The summed E-state index contributed by atoms with van der Waals surface area (Å²) in [6.45, 7) is -2.61. The molecule has 1 aliphatic rings. The number of hydrogen-bond donors (Lipinski definition) is 4. The lowest BCUT2D eigenvalue weighted by atomic mass is 10.1. The Morgan fingerprint density at radius 3 is 2.71 bits per heavy atom. The van der Waals surface area contributed by atoms with Crippen LogP contribution in [0.4, 0.5) is 19.0 Å². The molecule has 1 fully saturated rings. The molecular formula is C24H22F3N7O4. The Kier molecular flexibility index (Phi) is 5.74. The number of carbonyl (C=O) groups is 1. The van der Waals surface area contributed by atoms with Gasteiger partial charge in [-0.1, -0.05) is 30.3 Å². The van der Waals surface area contributed by atoms with Gasteiger partial charge >= 0.3 is 6.18 Å². The number of ether oxygens (including phenoxy) is 1. The average molecular weight is 532 g/mol. The van der Waals surface area contributed by atoms with Gasteiger partial charge in [0.2, 0.25) is 0 Å². The molecule has 4 atom stereocenters. The van der Waals surface area contributed by atoms with Crippen molar-refractivity contribution < 1.29 is 37.0 Å². The molecule has 3 aromatic heterocycles. The summed E-state index contributed by atoms with van der Waals surface area (Å²) in [6, 6.07) is 10.00. The molecule has 0 aliphatic carbocycles. The lowest BCUT2D eigenvalue weighted by Gasteiger charge is -2.17. The van der Waals surface area contributed by atoms with Crippen LogP contribution in [-0.2, 0) is 22.3 Å². The van der Waals surface area contributed by atoms with Gasteiger partial charge in [-0.05, 0) is 11.6 Å². The molecule has 0 radical (unpaired) electrons. The number of amides is 1. The van der Waals surface area contributed by atoms with Gasteiger partial charge < -0.3 is 25.6 Å². The number of rotatable bonds is 6. The van der Waals surface area contributed by atoms with Crippen LogP contribution in [-0.4, -0.2) is 65.9 Å². The Morgan fingerprint density at radius 1 is 1.18 bits per heavy atom. The van der Waals surface area contributed by atoms with Gasteiger partial charge in [0.1, 0.15) is 12.2 Å². The number of imidazole rings is 1. The van der Waals surface area contributed by atoms with Crippen LogP contribution in [0, 0.1) is 0 Å². The van der Waals surface area contributed by atoms with Gasteiger partial charge in [0.25, 0.3) is 5.91 Å². The van der Waals surface area contributed by atoms with Gasteiger partial charge in [-0.15, -0.1) is 0 Å². The van der Waals surface area contributed by atoms with Crippen molar-refractivity contribution in [2.45, 2.75) is 37.3 Å². The largest absolute Gasteiger partial charge is 0.417 e. The van der Waals surface area contributed by atoms with E-state index in [0.717, 1.165) is 17.8 Å². The molecule has 0 bridgehead atoms. The summed E-state index contributed by atoms with van der Waals surface area (Å²) >= 11 is 0. The number of hydrogen-bond acceptors (Lipinski definition) is 9. The SMILES string of the molecule is [2H]C([2H])([2H])NC(=O)[C@H]1O[C@@H](n2cnc3c(NCc4ccccc4)nc(-c4cncc(C(F)(F)F)c4)nc32)[C@H](O)[C@@H]1O. The maximum Gasteiger partial charge on any atom is 0.417 e. The second kappa shape index (κ2) is 9.96. The zero-order valence-corrected chi connectivity index (χ0v) is 19.3. The van der Waals surface area contributed by atoms with Crippen molar-refractivity contribution in [2.75, 3.05) is 12.3 Å². The van der Waals surface area contributed by atoms with Crippen molar-refractivity contribution in [2.24, 2.45) is 0 Å². The summed E-state index contributed by atoms with van der Waals surface area (Å²) in [4.78, 5) is 29.1. The number of likely N-dealkylation sites (N-methyl/N-ethyl adjacent to an activating group) is 1. The lowest BCUT2D eigenvalue weighted by molar-refractivity contribution is -0.138. The van der Waals surface area contributed by atoms with Gasteiger partial charge in [-0.3, -0.25) is 14.3 Å². The van der Waals surface area contributed by atoms with E-state index in [0.29, 0.717) is 6.20 Å². The van der Waals surface area contributed by atoms with Crippen LogP contribution in [0.15, 0.2) is 55.1 Å². The van der Waals surface area contributed by atoms with E-state index in [1.165, 1.54) is 10.9 Å².